The third-order valence-corrected chi connectivity index (χ3v) is 5.71. The van der Waals surface area contributed by atoms with Crippen molar-refractivity contribution >= 4 is 34.9 Å². The monoisotopic (exact) mass is 520 g/mol. The number of alkyl halides is 3. The Balaban J connectivity index is 1.77. The van der Waals surface area contributed by atoms with Crippen molar-refractivity contribution in [3.05, 3.63) is 87.7 Å². The summed E-state index contributed by atoms with van der Waals surface area (Å²) < 4.78 is 45.2. The van der Waals surface area contributed by atoms with Crippen LogP contribution in [0.5, 0.6) is 5.75 Å². The second-order valence-corrected chi connectivity index (χ2v) is 8.29. The zero-order valence-corrected chi connectivity index (χ0v) is 19.8. The SMILES string of the molecule is COc1ccc(-c2c(C)c(C(=O)Nc3ccc(C(F)(F)F)cn3)nn2-c2ccc(Cl)cc2Cl)cc1. The fraction of sp³-hybridized carbons (Fsp3) is 0.125. The number of rotatable bonds is 5. The maximum Gasteiger partial charge on any atom is 0.417 e. The molecule has 0 atom stereocenters. The Hall–Kier alpha value is -3.56. The van der Waals surface area contributed by atoms with Gasteiger partial charge in [0, 0.05) is 22.3 Å². The number of ether oxygens (including phenoxy) is 1. The number of aromatic nitrogens is 3. The van der Waals surface area contributed by atoms with Crippen LogP contribution in [0.15, 0.2) is 60.8 Å². The van der Waals surface area contributed by atoms with Crippen molar-refractivity contribution in [1.29, 1.82) is 0 Å². The molecule has 0 saturated heterocycles. The lowest BCUT2D eigenvalue weighted by atomic mass is 10.1. The molecule has 0 spiro atoms. The van der Waals surface area contributed by atoms with Gasteiger partial charge in [0.05, 0.1) is 29.1 Å². The summed E-state index contributed by atoms with van der Waals surface area (Å²) in [5, 5.41) is 7.72. The normalized spacial score (nSPS) is 11.4. The second kappa shape index (κ2) is 9.59. The Morgan fingerprint density at radius 1 is 1.06 bits per heavy atom. The number of nitrogens with zero attached hydrogens (tertiary/aromatic N) is 3. The molecule has 35 heavy (non-hydrogen) atoms. The molecule has 6 nitrogen and oxygen atoms in total. The minimum Gasteiger partial charge on any atom is -0.497 e. The molecule has 0 aliphatic heterocycles. The number of hydrogen-bond acceptors (Lipinski definition) is 4. The molecule has 1 N–H and O–H groups in total. The van der Waals surface area contributed by atoms with E-state index >= 15 is 0 Å². The molecule has 0 fully saturated rings. The molecule has 4 aromatic rings. The Morgan fingerprint density at radius 3 is 2.34 bits per heavy atom. The Labute approximate surface area is 208 Å². The number of halogens is 5. The van der Waals surface area contributed by atoms with E-state index in [1.165, 1.54) is 4.68 Å². The summed E-state index contributed by atoms with van der Waals surface area (Å²) in [4.78, 5) is 16.8. The number of carbonyl (C=O) groups is 1. The average molecular weight is 521 g/mol. The highest BCUT2D eigenvalue weighted by atomic mass is 35.5. The molecule has 0 radical (unpaired) electrons. The van der Waals surface area contributed by atoms with Gasteiger partial charge in [-0.05, 0) is 61.5 Å². The summed E-state index contributed by atoms with van der Waals surface area (Å²) in [6, 6.07) is 13.9. The van der Waals surface area contributed by atoms with Crippen molar-refractivity contribution in [1.82, 2.24) is 14.8 Å². The first-order valence-electron chi connectivity index (χ1n) is 10.1. The first-order valence-corrected chi connectivity index (χ1v) is 10.9. The third kappa shape index (κ3) is 5.11. The van der Waals surface area contributed by atoms with E-state index in [9.17, 15) is 18.0 Å². The highest BCUT2D eigenvalue weighted by Crippen LogP contribution is 2.34. The van der Waals surface area contributed by atoms with Crippen LogP contribution in [-0.2, 0) is 6.18 Å². The number of anilines is 1. The summed E-state index contributed by atoms with van der Waals surface area (Å²) in [7, 11) is 1.55. The fourth-order valence-electron chi connectivity index (χ4n) is 3.44. The van der Waals surface area contributed by atoms with Gasteiger partial charge in [0.2, 0.25) is 0 Å². The van der Waals surface area contributed by atoms with Crippen molar-refractivity contribution in [2.75, 3.05) is 12.4 Å². The van der Waals surface area contributed by atoms with E-state index in [-0.39, 0.29) is 11.5 Å². The predicted molar refractivity (Wildman–Crippen MR) is 128 cm³/mol. The van der Waals surface area contributed by atoms with Gasteiger partial charge < -0.3 is 10.1 Å². The van der Waals surface area contributed by atoms with Gasteiger partial charge in [-0.3, -0.25) is 4.79 Å². The van der Waals surface area contributed by atoms with Crippen LogP contribution in [0.25, 0.3) is 16.9 Å². The average Bonchev–Trinajstić information content (AvgIpc) is 3.15. The van der Waals surface area contributed by atoms with Crippen LogP contribution in [0.2, 0.25) is 10.0 Å². The van der Waals surface area contributed by atoms with Crippen LogP contribution in [0.1, 0.15) is 21.6 Å². The number of amides is 1. The van der Waals surface area contributed by atoms with Gasteiger partial charge in [0.1, 0.15) is 11.6 Å². The molecule has 4 rings (SSSR count). The van der Waals surface area contributed by atoms with Gasteiger partial charge in [0.15, 0.2) is 5.69 Å². The summed E-state index contributed by atoms with van der Waals surface area (Å²) in [6.07, 6.45) is -3.88. The van der Waals surface area contributed by atoms with Crippen molar-refractivity contribution < 1.29 is 22.7 Å². The maximum atomic E-state index is 13.1. The Bertz CT molecular complexity index is 1390. The number of hydrogen-bond donors (Lipinski definition) is 1. The van der Waals surface area contributed by atoms with E-state index in [0.29, 0.717) is 38.9 Å². The number of benzene rings is 2. The van der Waals surface area contributed by atoms with Crippen LogP contribution in [0.3, 0.4) is 0 Å². The van der Waals surface area contributed by atoms with Gasteiger partial charge in [-0.1, -0.05) is 23.2 Å². The van der Waals surface area contributed by atoms with Crippen molar-refractivity contribution in [3.8, 4) is 22.7 Å². The van der Waals surface area contributed by atoms with Gasteiger partial charge in [-0.2, -0.15) is 18.3 Å². The molecular weight excluding hydrogens is 504 g/mol. The first-order chi connectivity index (χ1) is 16.6. The van der Waals surface area contributed by atoms with E-state index in [4.69, 9.17) is 27.9 Å². The van der Waals surface area contributed by atoms with Crippen molar-refractivity contribution in [3.63, 3.8) is 0 Å². The highest BCUT2D eigenvalue weighted by molar-refractivity contribution is 6.35. The maximum absolute atomic E-state index is 13.1. The number of carbonyl (C=O) groups excluding carboxylic acids is 1. The van der Waals surface area contributed by atoms with Crippen LogP contribution < -0.4 is 10.1 Å². The summed E-state index contributed by atoms with van der Waals surface area (Å²) >= 11 is 12.5. The Morgan fingerprint density at radius 2 is 1.77 bits per heavy atom. The smallest absolute Gasteiger partial charge is 0.417 e. The summed E-state index contributed by atoms with van der Waals surface area (Å²) in [5.41, 5.74) is 1.44. The van der Waals surface area contributed by atoms with Gasteiger partial charge in [-0.25, -0.2) is 9.67 Å². The molecule has 0 aliphatic carbocycles. The van der Waals surface area contributed by atoms with Gasteiger partial charge in [-0.15, -0.1) is 0 Å². The van der Waals surface area contributed by atoms with Crippen LogP contribution in [0, 0.1) is 6.92 Å². The minimum absolute atomic E-state index is 0.0449. The number of pyridine rings is 1. The van der Waals surface area contributed by atoms with E-state index in [2.05, 4.69) is 15.4 Å². The lowest BCUT2D eigenvalue weighted by Gasteiger charge is -2.11. The molecule has 2 aromatic heterocycles. The molecule has 2 heterocycles. The predicted octanol–water partition coefficient (Wildman–Crippen LogP) is 6.83. The number of methoxy groups -OCH3 is 1. The third-order valence-electron chi connectivity index (χ3n) is 5.17. The zero-order chi connectivity index (χ0) is 25.3. The quantitative estimate of drug-likeness (QED) is 0.313. The van der Waals surface area contributed by atoms with Crippen LogP contribution >= 0.6 is 23.2 Å². The molecular formula is C24H17Cl2F3N4O2. The van der Waals surface area contributed by atoms with Gasteiger partial charge in [0.25, 0.3) is 5.91 Å². The molecule has 0 saturated carbocycles. The molecule has 0 bridgehead atoms. The zero-order valence-electron chi connectivity index (χ0n) is 18.3. The largest absolute Gasteiger partial charge is 0.497 e. The Kier molecular flexibility index (Phi) is 6.73. The first kappa shape index (κ1) is 24.6. The van der Waals surface area contributed by atoms with E-state index in [1.807, 2.05) is 12.1 Å². The topological polar surface area (TPSA) is 69.0 Å². The van der Waals surface area contributed by atoms with E-state index in [0.717, 1.165) is 17.7 Å². The molecule has 11 heteroatoms. The summed E-state index contributed by atoms with van der Waals surface area (Å²) in [6.45, 7) is 1.71. The highest BCUT2D eigenvalue weighted by Gasteiger charge is 2.31. The minimum atomic E-state index is -4.53. The molecule has 2 aromatic carbocycles. The number of nitrogens with one attached hydrogen (secondary N) is 1. The molecule has 1 amide bonds. The van der Waals surface area contributed by atoms with E-state index < -0.39 is 17.6 Å². The van der Waals surface area contributed by atoms with Crippen molar-refractivity contribution in [2.45, 2.75) is 13.1 Å². The molecule has 180 valence electrons. The standard InChI is InChI=1S/C24H17Cl2F3N4O2/c1-13-21(23(34)31-20-10-5-15(12-30-20)24(27,28)29)32-33(19-9-6-16(25)11-18(19)26)22(13)14-3-7-17(35-2)8-4-14/h3-12H,1-2H3,(H,30,31,34). The molecule has 0 aliphatic rings. The second-order valence-electron chi connectivity index (χ2n) is 7.44. The van der Waals surface area contributed by atoms with Crippen LogP contribution in [-0.4, -0.2) is 27.8 Å². The molecule has 0 unspecified atom stereocenters. The fourth-order valence-corrected chi connectivity index (χ4v) is 3.93. The van der Waals surface area contributed by atoms with Gasteiger partial charge >= 0.3 is 6.18 Å². The van der Waals surface area contributed by atoms with E-state index in [1.54, 1.807) is 44.4 Å². The lowest BCUT2D eigenvalue weighted by Crippen LogP contribution is -2.15. The lowest BCUT2D eigenvalue weighted by molar-refractivity contribution is -0.137. The summed E-state index contributed by atoms with van der Waals surface area (Å²) in [5.74, 6) is -0.0471. The van der Waals surface area contributed by atoms with Crippen LogP contribution in [0.4, 0.5) is 19.0 Å². The van der Waals surface area contributed by atoms with Crippen molar-refractivity contribution in [2.24, 2.45) is 0 Å².